The van der Waals surface area contributed by atoms with Crippen LogP contribution >= 0.6 is 0 Å². The highest BCUT2D eigenvalue weighted by molar-refractivity contribution is 7.89. The largest absolute Gasteiger partial charge is 0.530 e. The number of carbonyl (C=O) groups excluding carboxylic acids is 1. The van der Waals surface area contributed by atoms with Crippen molar-refractivity contribution in [2.24, 2.45) is 5.92 Å². The number of aromatic nitrogens is 2. The molecule has 1 aromatic heterocycles. The molecule has 0 bridgehead atoms. The molecule has 2 fully saturated rings. The first-order chi connectivity index (χ1) is 17.4. The van der Waals surface area contributed by atoms with Crippen molar-refractivity contribution >= 4 is 27.1 Å². The molecule has 0 unspecified atom stereocenters. The van der Waals surface area contributed by atoms with Crippen molar-refractivity contribution in [3.05, 3.63) is 24.0 Å². The highest BCUT2D eigenvalue weighted by atomic mass is 32.2. The smallest absolute Gasteiger partial charge is 0.248 e. The summed E-state index contributed by atoms with van der Waals surface area (Å²) in [5.41, 5.74) is 0.271. The molecule has 1 aliphatic carbocycles. The summed E-state index contributed by atoms with van der Waals surface area (Å²) in [7, 11) is -3.89. The van der Waals surface area contributed by atoms with Gasteiger partial charge in [0.25, 0.3) is 0 Å². The van der Waals surface area contributed by atoms with Crippen LogP contribution in [-0.4, -0.2) is 63.9 Å². The highest BCUT2D eigenvalue weighted by Crippen LogP contribution is 2.38. The molecule has 8 nitrogen and oxygen atoms in total. The van der Waals surface area contributed by atoms with E-state index in [2.05, 4.69) is 4.57 Å². The van der Waals surface area contributed by atoms with E-state index in [1.807, 2.05) is 20.8 Å². The monoisotopic (exact) mass is 553 g/mol. The van der Waals surface area contributed by atoms with E-state index in [0.29, 0.717) is 31.3 Å². The minimum atomic E-state index is -3.89. The van der Waals surface area contributed by atoms with Gasteiger partial charge < -0.3 is 19.4 Å². The first kappa shape index (κ1) is 28.7. The Labute approximate surface area is 224 Å². The standard InChI is InChI=1S/C27H40F2N4O4S/c1-25(2,3)23-30-21-15-20(7-8-22(21)32(23)16-18-9-12-27(28,29)13-10-18)38(36,37)31-14-11-19(17-31)33(24(34)35)26(4,5)6/h7-8,15,18-19H,9-14,16-17H2,1-6H3,(H,34,35)/p-1/t19-/m0/s1. The number of carboxylic acid groups (broad SMARTS) is 1. The number of nitrogens with zero attached hydrogens (tertiary/aromatic N) is 4. The Hall–Kier alpha value is -2.27. The Morgan fingerprint density at radius 3 is 2.32 bits per heavy atom. The highest BCUT2D eigenvalue weighted by Gasteiger charge is 2.39. The number of carbonyl (C=O) groups is 1. The van der Waals surface area contributed by atoms with Crippen LogP contribution in [0.1, 0.15) is 79.5 Å². The van der Waals surface area contributed by atoms with Gasteiger partial charge in [-0.2, -0.15) is 4.31 Å². The number of imidazole rings is 1. The predicted molar refractivity (Wildman–Crippen MR) is 139 cm³/mol. The summed E-state index contributed by atoms with van der Waals surface area (Å²) < 4.78 is 58.0. The van der Waals surface area contributed by atoms with E-state index in [1.165, 1.54) is 9.21 Å². The van der Waals surface area contributed by atoms with Gasteiger partial charge in [-0.3, -0.25) is 0 Å². The molecule has 1 aliphatic heterocycles. The van der Waals surface area contributed by atoms with Crippen LogP contribution in [0.3, 0.4) is 0 Å². The molecule has 0 N–H and O–H groups in total. The lowest BCUT2D eigenvalue weighted by Gasteiger charge is -2.42. The van der Waals surface area contributed by atoms with Gasteiger partial charge in [0, 0.05) is 49.5 Å². The predicted octanol–water partition coefficient (Wildman–Crippen LogP) is 4.37. The number of benzene rings is 1. The number of alkyl halides is 2. The number of rotatable bonds is 5. The Bertz CT molecular complexity index is 1300. The Balaban J connectivity index is 1.63. The van der Waals surface area contributed by atoms with Crippen LogP contribution in [0.4, 0.5) is 13.6 Å². The molecule has 11 heteroatoms. The molecule has 0 radical (unpaired) electrons. The van der Waals surface area contributed by atoms with Gasteiger partial charge in [-0.15, -0.1) is 0 Å². The molecule has 2 aromatic rings. The maximum absolute atomic E-state index is 13.7. The average molecular weight is 554 g/mol. The van der Waals surface area contributed by atoms with E-state index in [1.54, 1.807) is 39.0 Å². The second-order valence-corrected chi connectivity index (χ2v) is 14.8. The molecule has 2 aliphatic rings. The summed E-state index contributed by atoms with van der Waals surface area (Å²) in [6.07, 6.45) is -0.273. The molecule has 4 rings (SSSR count). The van der Waals surface area contributed by atoms with E-state index in [9.17, 15) is 27.1 Å². The minimum absolute atomic E-state index is 0.0552. The lowest BCUT2D eigenvalue weighted by Crippen LogP contribution is -2.57. The molecule has 2 heterocycles. The lowest BCUT2D eigenvalue weighted by molar-refractivity contribution is -0.273. The van der Waals surface area contributed by atoms with Crippen molar-refractivity contribution < 1.29 is 27.1 Å². The Morgan fingerprint density at radius 1 is 1.13 bits per heavy atom. The van der Waals surface area contributed by atoms with E-state index < -0.39 is 33.6 Å². The molecule has 212 valence electrons. The first-order valence-corrected chi connectivity index (χ1v) is 14.7. The van der Waals surface area contributed by atoms with Crippen molar-refractivity contribution in [3.8, 4) is 0 Å². The fourth-order valence-corrected chi connectivity index (χ4v) is 7.34. The fraction of sp³-hybridized carbons (Fsp3) is 0.704. The van der Waals surface area contributed by atoms with Crippen LogP contribution in [0.15, 0.2) is 23.1 Å². The SMILES string of the molecule is CC(C)(C)c1nc2cc(S(=O)(=O)N3CC[C@H](N(C(=O)[O-])C(C)(C)C)C3)ccc2n1CC1CCC(F)(F)CC1. The average Bonchev–Trinajstić information content (AvgIpc) is 3.39. The van der Waals surface area contributed by atoms with Gasteiger partial charge in [0.05, 0.1) is 15.9 Å². The van der Waals surface area contributed by atoms with Gasteiger partial charge in [0.1, 0.15) is 11.9 Å². The van der Waals surface area contributed by atoms with Crippen LogP contribution < -0.4 is 5.11 Å². The van der Waals surface area contributed by atoms with Crippen molar-refractivity contribution in [1.29, 1.82) is 0 Å². The fourth-order valence-electron chi connectivity index (χ4n) is 5.83. The molecule has 1 atom stereocenters. The van der Waals surface area contributed by atoms with Crippen LogP contribution in [0.5, 0.6) is 0 Å². The van der Waals surface area contributed by atoms with Crippen molar-refractivity contribution in [3.63, 3.8) is 0 Å². The topological polar surface area (TPSA) is 98.6 Å². The first-order valence-electron chi connectivity index (χ1n) is 13.3. The minimum Gasteiger partial charge on any atom is -0.530 e. The number of hydrogen-bond acceptors (Lipinski definition) is 5. The normalized spacial score (nSPS) is 21.7. The van der Waals surface area contributed by atoms with E-state index in [4.69, 9.17) is 4.98 Å². The molecule has 1 saturated heterocycles. The van der Waals surface area contributed by atoms with Gasteiger partial charge >= 0.3 is 0 Å². The van der Waals surface area contributed by atoms with E-state index in [-0.39, 0.29) is 42.2 Å². The van der Waals surface area contributed by atoms with Gasteiger partial charge in [0.2, 0.25) is 15.9 Å². The summed E-state index contributed by atoms with van der Waals surface area (Å²) in [5, 5.41) is 11.8. The van der Waals surface area contributed by atoms with E-state index in [0.717, 1.165) is 11.3 Å². The summed E-state index contributed by atoms with van der Waals surface area (Å²) >= 11 is 0. The quantitative estimate of drug-likeness (QED) is 0.548. The van der Waals surface area contributed by atoms with Crippen molar-refractivity contribution in [1.82, 2.24) is 18.8 Å². The third-order valence-electron chi connectivity index (χ3n) is 7.72. The van der Waals surface area contributed by atoms with E-state index >= 15 is 0 Å². The Morgan fingerprint density at radius 2 is 1.76 bits per heavy atom. The summed E-state index contributed by atoms with van der Waals surface area (Å²) in [4.78, 5) is 17.9. The molecular formula is C27H39F2N4O4S-. The number of hydrogen-bond donors (Lipinski definition) is 0. The zero-order valence-corrected chi connectivity index (χ0v) is 23.9. The molecular weight excluding hydrogens is 514 g/mol. The number of halogens is 2. The number of amides is 1. The maximum Gasteiger partial charge on any atom is 0.248 e. The lowest BCUT2D eigenvalue weighted by atomic mass is 9.86. The van der Waals surface area contributed by atoms with Crippen LogP contribution in [0.2, 0.25) is 0 Å². The second-order valence-electron chi connectivity index (χ2n) is 12.9. The number of fused-ring (bicyclic) bond motifs is 1. The number of sulfonamides is 1. The van der Waals surface area contributed by atoms with Gasteiger partial charge in [0.15, 0.2) is 0 Å². The second kappa shape index (κ2) is 9.73. The third kappa shape index (κ3) is 5.68. The molecule has 1 aromatic carbocycles. The molecule has 0 spiro atoms. The van der Waals surface area contributed by atoms with Gasteiger partial charge in [-0.1, -0.05) is 20.8 Å². The van der Waals surface area contributed by atoms with Crippen molar-refractivity contribution in [2.75, 3.05) is 13.1 Å². The van der Waals surface area contributed by atoms with Gasteiger partial charge in [-0.05, 0) is 64.2 Å². The summed E-state index contributed by atoms with van der Waals surface area (Å²) in [6, 6.07) is 4.38. The molecule has 1 saturated carbocycles. The van der Waals surface area contributed by atoms with Crippen LogP contribution in [0.25, 0.3) is 11.0 Å². The molecule has 38 heavy (non-hydrogen) atoms. The Kier molecular flexibility index (Phi) is 7.36. The van der Waals surface area contributed by atoms with Gasteiger partial charge in [-0.25, -0.2) is 22.2 Å². The zero-order chi connectivity index (χ0) is 28.3. The van der Waals surface area contributed by atoms with Crippen molar-refractivity contribution in [2.45, 2.75) is 108 Å². The maximum atomic E-state index is 13.7. The van der Waals surface area contributed by atoms with Crippen LogP contribution in [0, 0.1) is 5.92 Å². The zero-order valence-electron chi connectivity index (χ0n) is 23.1. The van der Waals surface area contributed by atoms with Crippen LogP contribution in [-0.2, 0) is 22.0 Å². The third-order valence-corrected chi connectivity index (χ3v) is 9.58. The molecule has 1 amide bonds. The summed E-state index contributed by atoms with van der Waals surface area (Å²) in [6.45, 7) is 12.2. The summed E-state index contributed by atoms with van der Waals surface area (Å²) in [5.74, 6) is -1.70.